The number of nitrogens with zero attached hydrogens (tertiary/aromatic N) is 1. The summed E-state index contributed by atoms with van der Waals surface area (Å²) in [7, 11) is 0. The molecule has 1 aliphatic heterocycles. The van der Waals surface area contributed by atoms with Gasteiger partial charge in [-0.15, -0.1) is 11.3 Å². The van der Waals surface area contributed by atoms with Crippen molar-refractivity contribution in [2.24, 2.45) is 11.7 Å². The zero-order chi connectivity index (χ0) is 15.4. The van der Waals surface area contributed by atoms with E-state index < -0.39 is 0 Å². The first-order valence-electron chi connectivity index (χ1n) is 7.44. The number of aryl methyl sites for hydroxylation is 1. The summed E-state index contributed by atoms with van der Waals surface area (Å²) < 4.78 is 1.44. The number of likely N-dealkylation sites (tertiary alicyclic amines) is 1. The van der Waals surface area contributed by atoms with Crippen molar-refractivity contribution < 1.29 is 4.79 Å². The molecule has 21 heavy (non-hydrogen) atoms. The van der Waals surface area contributed by atoms with Crippen LogP contribution in [-0.2, 0) is 11.2 Å². The average molecular weight is 349 g/mol. The van der Waals surface area contributed by atoms with E-state index in [9.17, 15) is 4.79 Å². The van der Waals surface area contributed by atoms with E-state index in [1.54, 1.807) is 0 Å². The molecule has 6 heteroatoms. The number of amides is 1. The van der Waals surface area contributed by atoms with Gasteiger partial charge in [-0.3, -0.25) is 4.79 Å². The van der Waals surface area contributed by atoms with Crippen molar-refractivity contribution in [3.05, 3.63) is 20.3 Å². The van der Waals surface area contributed by atoms with E-state index in [-0.39, 0.29) is 11.9 Å². The van der Waals surface area contributed by atoms with E-state index in [0.29, 0.717) is 16.7 Å². The van der Waals surface area contributed by atoms with Gasteiger partial charge < -0.3 is 10.6 Å². The lowest BCUT2D eigenvalue weighted by molar-refractivity contribution is -0.133. The molecule has 0 aliphatic carbocycles. The van der Waals surface area contributed by atoms with Crippen LogP contribution < -0.4 is 5.73 Å². The van der Waals surface area contributed by atoms with Gasteiger partial charge in [0.05, 0.1) is 8.67 Å². The van der Waals surface area contributed by atoms with Crippen LogP contribution in [0.3, 0.4) is 0 Å². The Morgan fingerprint density at radius 1 is 1.57 bits per heavy atom. The molecule has 1 saturated heterocycles. The van der Waals surface area contributed by atoms with Crippen LogP contribution in [0.2, 0.25) is 8.67 Å². The number of rotatable bonds is 5. The molecule has 118 valence electrons. The van der Waals surface area contributed by atoms with E-state index in [1.807, 2.05) is 17.9 Å². The Bertz CT molecular complexity index is 490. The highest BCUT2D eigenvalue weighted by atomic mass is 35.5. The predicted octanol–water partition coefficient (Wildman–Crippen LogP) is 3.96. The molecule has 0 spiro atoms. The maximum atomic E-state index is 12.3. The monoisotopic (exact) mass is 348 g/mol. The smallest absolute Gasteiger partial charge is 0.222 e. The Balaban J connectivity index is 1.78. The Morgan fingerprint density at radius 2 is 2.33 bits per heavy atom. The number of carbonyl (C=O) groups excluding carboxylic acids is 1. The lowest BCUT2D eigenvalue weighted by Gasteiger charge is -2.34. The highest BCUT2D eigenvalue weighted by Crippen LogP contribution is 2.32. The summed E-state index contributed by atoms with van der Waals surface area (Å²) in [5.41, 5.74) is 7.01. The molecular formula is C15H22Cl2N2OS. The molecule has 2 atom stereocenters. The first-order chi connectivity index (χ1) is 9.97. The summed E-state index contributed by atoms with van der Waals surface area (Å²) in [5, 5.41) is 0. The number of carbonyl (C=O) groups is 1. The highest BCUT2D eigenvalue weighted by Gasteiger charge is 2.25. The first kappa shape index (κ1) is 17.1. The van der Waals surface area contributed by atoms with Crippen LogP contribution >= 0.6 is 34.5 Å². The Hall–Kier alpha value is -0.290. The van der Waals surface area contributed by atoms with Gasteiger partial charge in [-0.05, 0) is 50.2 Å². The zero-order valence-electron chi connectivity index (χ0n) is 12.3. The molecule has 0 unspecified atom stereocenters. The van der Waals surface area contributed by atoms with E-state index in [1.165, 1.54) is 11.3 Å². The molecule has 1 aromatic rings. The molecule has 1 amide bonds. The molecule has 2 rings (SSSR count). The largest absolute Gasteiger partial charge is 0.342 e. The van der Waals surface area contributed by atoms with E-state index in [4.69, 9.17) is 28.9 Å². The Labute approximate surface area is 140 Å². The van der Waals surface area contributed by atoms with Crippen molar-refractivity contribution in [3.8, 4) is 0 Å². The molecule has 1 aliphatic rings. The van der Waals surface area contributed by atoms with Crippen molar-refractivity contribution in [2.75, 3.05) is 13.1 Å². The third kappa shape index (κ3) is 4.85. The standard InChI is InChI=1S/C15H22Cl2N2OS/c1-10(18)12-5-3-7-19(9-12)14(20)6-2-4-11-8-13(16)21-15(11)17/h8,10,12H,2-7,9,18H2,1H3/t10-,12+/m1/s1. The maximum Gasteiger partial charge on any atom is 0.222 e. The molecule has 2 N–H and O–H groups in total. The van der Waals surface area contributed by atoms with Crippen LogP contribution in [0.5, 0.6) is 0 Å². The minimum atomic E-state index is 0.160. The fraction of sp³-hybridized carbons (Fsp3) is 0.667. The second kappa shape index (κ2) is 7.82. The van der Waals surface area contributed by atoms with Crippen molar-refractivity contribution in [1.29, 1.82) is 0 Å². The number of hydrogen-bond acceptors (Lipinski definition) is 3. The second-order valence-electron chi connectivity index (χ2n) is 5.80. The normalized spacial score (nSPS) is 20.6. The molecule has 2 heterocycles. The van der Waals surface area contributed by atoms with Gasteiger partial charge in [-0.25, -0.2) is 0 Å². The van der Waals surface area contributed by atoms with Gasteiger partial charge in [0.2, 0.25) is 5.91 Å². The number of hydrogen-bond donors (Lipinski definition) is 1. The van der Waals surface area contributed by atoms with E-state index in [2.05, 4.69) is 0 Å². The fourth-order valence-corrected chi connectivity index (χ4v) is 4.34. The molecular weight excluding hydrogens is 327 g/mol. The van der Waals surface area contributed by atoms with Crippen molar-refractivity contribution >= 4 is 40.4 Å². The summed E-state index contributed by atoms with van der Waals surface area (Å²) in [5.74, 6) is 0.672. The molecule has 0 radical (unpaired) electrons. The second-order valence-corrected chi connectivity index (χ2v) is 8.09. The van der Waals surface area contributed by atoms with Crippen LogP contribution in [0, 0.1) is 5.92 Å². The Morgan fingerprint density at radius 3 is 2.95 bits per heavy atom. The van der Waals surface area contributed by atoms with Crippen LogP contribution in [0.4, 0.5) is 0 Å². The molecule has 0 saturated carbocycles. The number of thiophene rings is 1. The average Bonchev–Trinajstić information content (AvgIpc) is 2.77. The van der Waals surface area contributed by atoms with Crippen LogP contribution in [0.1, 0.15) is 38.2 Å². The quantitative estimate of drug-likeness (QED) is 0.874. The number of halogens is 2. The fourth-order valence-electron chi connectivity index (χ4n) is 2.80. The topological polar surface area (TPSA) is 46.3 Å². The maximum absolute atomic E-state index is 12.3. The zero-order valence-corrected chi connectivity index (χ0v) is 14.6. The molecule has 0 aromatic carbocycles. The van der Waals surface area contributed by atoms with Crippen LogP contribution in [0.15, 0.2) is 6.07 Å². The van der Waals surface area contributed by atoms with Crippen molar-refractivity contribution in [2.45, 2.75) is 45.1 Å². The third-order valence-electron chi connectivity index (χ3n) is 4.12. The summed E-state index contributed by atoms with van der Waals surface area (Å²) >= 11 is 13.4. The molecule has 3 nitrogen and oxygen atoms in total. The van der Waals surface area contributed by atoms with Gasteiger partial charge in [0.15, 0.2) is 0 Å². The minimum absolute atomic E-state index is 0.160. The summed E-state index contributed by atoms with van der Waals surface area (Å²) in [6.07, 6.45) is 4.37. The first-order valence-corrected chi connectivity index (χ1v) is 9.01. The predicted molar refractivity (Wildman–Crippen MR) is 90.2 cm³/mol. The summed E-state index contributed by atoms with van der Waals surface area (Å²) in [6, 6.07) is 2.05. The number of nitrogens with two attached hydrogens (primary N) is 1. The lowest BCUT2D eigenvalue weighted by Crippen LogP contribution is -2.45. The molecule has 1 fully saturated rings. The van der Waals surface area contributed by atoms with Crippen molar-refractivity contribution in [1.82, 2.24) is 4.90 Å². The van der Waals surface area contributed by atoms with Gasteiger partial charge in [-0.1, -0.05) is 23.2 Å². The third-order valence-corrected chi connectivity index (χ3v) is 5.69. The summed E-state index contributed by atoms with van der Waals surface area (Å²) in [4.78, 5) is 14.2. The minimum Gasteiger partial charge on any atom is -0.342 e. The van der Waals surface area contributed by atoms with Gasteiger partial charge in [0, 0.05) is 25.6 Å². The lowest BCUT2D eigenvalue weighted by atomic mass is 9.92. The van der Waals surface area contributed by atoms with Gasteiger partial charge in [-0.2, -0.15) is 0 Å². The van der Waals surface area contributed by atoms with Crippen molar-refractivity contribution in [3.63, 3.8) is 0 Å². The van der Waals surface area contributed by atoms with E-state index in [0.717, 1.165) is 48.7 Å². The summed E-state index contributed by atoms with van der Waals surface area (Å²) in [6.45, 7) is 3.70. The highest BCUT2D eigenvalue weighted by molar-refractivity contribution is 7.20. The SMILES string of the molecule is C[C@@H](N)[C@H]1CCCN(C(=O)CCCc2cc(Cl)sc2Cl)C1. The van der Waals surface area contributed by atoms with Crippen LogP contribution in [-0.4, -0.2) is 29.9 Å². The van der Waals surface area contributed by atoms with Gasteiger partial charge in [0.1, 0.15) is 0 Å². The number of piperidine rings is 1. The van der Waals surface area contributed by atoms with E-state index >= 15 is 0 Å². The molecule has 1 aromatic heterocycles. The Kier molecular flexibility index (Phi) is 6.35. The molecule has 0 bridgehead atoms. The van der Waals surface area contributed by atoms with Gasteiger partial charge >= 0.3 is 0 Å². The van der Waals surface area contributed by atoms with Gasteiger partial charge in [0.25, 0.3) is 0 Å². The van der Waals surface area contributed by atoms with Crippen LogP contribution in [0.25, 0.3) is 0 Å².